The van der Waals surface area contributed by atoms with Crippen molar-refractivity contribution in [3.05, 3.63) is 87.2 Å². The van der Waals surface area contributed by atoms with E-state index in [-0.39, 0.29) is 34.3 Å². The minimum Gasteiger partial charge on any atom is -0.504 e. The first-order valence-corrected chi connectivity index (χ1v) is 10.6. The first-order chi connectivity index (χ1) is 16.7. The monoisotopic (exact) mass is 476 g/mol. The zero-order chi connectivity index (χ0) is 24.9. The number of ether oxygens (including phenoxy) is 3. The lowest BCUT2D eigenvalue weighted by Gasteiger charge is -2.28. The van der Waals surface area contributed by atoms with Gasteiger partial charge in [0.25, 0.3) is 0 Å². The summed E-state index contributed by atoms with van der Waals surface area (Å²) in [6, 6.07) is 10.2. The second-order valence-electron chi connectivity index (χ2n) is 8.14. The van der Waals surface area contributed by atoms with E-state index in [9.17, 15) is 24.9 Å². The predicted molar refractivity (Wildman–Crippen MR) is 123 cm³/mol. The van der Waals surface area contributed by atoms with Crippen molar-refractivity contribution >= 4 is 17.9 Å². The van der Waals surface area contributed by atoms with Crippen molar-refractivity contribution < 1.29 is 38.7 Å². The Morgan fingerprint density at radius 3 is 2.43 bits per heavy atom. The van der Waals surface area contributed by atoms with Crippen LogP contribution >= 0.6 is 0 Å². The van der Waals surface area contributed by atoms with Crippen LogP contribution in [0.2, 0.25) is 0 Å². The summed E-state index contributed by atoms with van der Waals surface area (Å²) in [4.78, 5) is 26.2. The first kappa shape index (κ1) is 22.1. The molecule has 0 aliphatic carbocycles. The van der Waals surface area contributed by atoms with E-state index in [1.807, 2.05) is 0 Å². The van der Waals surface area contributed by atoms with E-state index in [0.29, 0.717) is 16.9 Å². The van der Waals surface area contributed by atoms with Gasteiger partial charge in [-0.1, -0.05) is 18.2 Å². The van der Waals surface area contributed by atoms with Crippen LogP contribution < -0.4 is 15.1 Å². The number of rotatable bonds is 4. The summed E-state index contributed by atoms with van der Waals surface area (Å²) in [5.41, 5.74) is -1.73. The van der Waals surface area contributed by atoms with E-state index in [0.717, 1.165) is 0 Å². The first-order valence-electron chi connectivity index (χ1n) is 10.6. The standard InChI is InChI=1S/C26H20O9/c1-13-9-22(30)26(35-13)23-21(34-24(26)15-5-8-17(27)19(29)11-15)12-16(33-25(23)31)6-3-14-4-7-18(28)20(10-14)32-2/h3-12,24,27-29H,1-2H3/b6-3+/t24-,26-/m0/s1. The summed E-state index contributed by atoms with van der Waals surface area (Å²) in [6.07, 6.45) is 3.34. The number of methoxy groups -OCH3 is 1. The van der Waals surface area contributed by atoms with Crippen molar-refractivity contribution in [2.75, 3.05) is 7.11 Å². The fraction of sp³-hybridized carbons (Fsp3) is 0.154. The molecule has 2 aromatic carbocycles. The van der Waals surface area contributed by atoms with E-state index in [1.165, 1.54) is 49.6 Å². The SMILES string of the molecule is COc1cc(/C=C/c2cc3c(c(=O)o2)[C@]2(OC(C)=CC2=O)[C@H](c2ccc(O)c(O)c2)O3)ccc1O. The predicted octanol–water partition coefficient (Wildman–Crippen LogP) is 3.77. The molecular weight excluding hydrogens is 456 g/mol. The Labute approximate surface area is 198 Å². The highest BCUT2D eigenvalue weighted by atomic mass is 16.6. The Balaban J connectivity index is 1.58. The summed E-state index contributed by atoms with van der Waals surface area (Å²) in [6.45, 7) is 1.58. The highest BCUT2D eigenvalue weighted by Gasteiger charge is 2.61. The van der Waals surface area contributed by atoms with E-state index < -0.39 is 28.9 Å². The average molecular weight is 476 g/mol. The number of hydrogen-bond acceptors (Lipinski definition) is 9. The van der Waals surface area contributed by atoms with Crippen LogP contribution in [0.1, 0.15) is 35.5 Å². The Hall–Kier alpha value is -4.66. The molecule has 5 rings (SSSR count). The maximum atomic E-state index is 13.1. The van der Waals surface area contributed by atoms with Crippen molar-refractivity contribution in [3.63, 3.8) is 0 Å². The summed E-state index contributed by atoms with van der Waals surface area (Å²) in [5, 5.41) is 29.5. The number of fused-ring (bicyclic) bond motifs is 2. The number of hydrogen-bond donors (Lipinski definition) is 3. The second kappa shape index (κ2) is 7.98. The van der Waals surface area contributed by atoms with Gasteiger partial charge in [-0.2, -0.15) is 0 Å². The molecule has 178 valence electrons. The quantitative estimate of drug-likeness (QED) is 0.481. The molecule has 9 nitrogen and oxygen atoms in total. The summed E-state index contributed by atoms with van der Waals surface area (Å²) < 4.78 is 22.5. The minimum atomic E-state index is -1.82. The van der Waals surface area contributed by atoms with Crippen LogP contribution in [0.3, 0.4) is 0 Å². The van der Waals surface area contributed by atoms with Crippen LogP contribution in [0.5, 0.6) is 28.7 Å². The van der Waals surface area contributed by atoms with E-state index in [2.05, 4.69) is 0 Å². The van der Waals surface area contributed by atoms with Crippen LogP contribution in [0.4, 0.5) is 0 Å². The van der Waals surface area contributed by atoms with Gasteiger partial charge in [0.15, 0.2) is 29.1 Å². The molecule has 0 saturated carbocycles. The van der Waals surface area contributed by atoms with Crippen molar-refractivity contribution in [1.82, 2.24) is 0 Å². The van der Waals surface area contributed by atoms with Crippen LogP contribution in [0.15, 0.2) is 63.5 Å². The third-order valence-corrected chi connectivity index (χ3v) is 5.89. The van der Waals surface area contributed by atoms with Gasteiger partial charge in [-0.05, 0) is 42.8 Å². The van der Waals surface area contributed by atoms with Gasteiger partial charge in [-0.15, -0.1) is 0 Å². The number of benzene rings is 2. The number of carbonyl (C=O) groups is 1. The van der Waals surface area contributed by atoms with Gasteiger partial charge < -0.3 is 33.9 Å². The van der Waals surface area contributed by atoms with Crippen LogP contribution in [-0.2, 0) is 15.1 Å². The second-order valence-corrected chi connectivity index (χ2v) is 8.14. The fourth-order valence-electron chi connectivity index (χ4n) is 4.31. The van der Waals surface area contributed by atoms with Crippen molar-refractivity contribution in [2.45, 2.75) is 18.6 Å². The zero-order valence-corrected chi connectivity index (χ0v) is 18.6. The maximum Gasteiger partial charge on any atom is 0.347 e. The number of aromatic hydroxyl groups is 3. The molecule has 3 heterocycles. The van der Waals surface area contributed by atoms with Gasteiger partial charge in [0.1, 0.15) is 17.1 Å². The third-order valence-electron chi connectivity index (χ3n) is 5.89. The molecule has 9 heteroatoms. The molecule has 0 bridgehead atoms. The largest absolute Gasteiger partial charge is 0.504 e. The summed E-state index contributed by atoms with van der Waals surface area (Å²) in [7, 11) is 1.43. The molecule has 3 aromatic rings. The van der Waals surface area contributed by atoms with E-state index >= 15 is 0 Å². The Kier molecular flexibility index (Phi) is 5.05. The molecule has 2 aliphatic heterocycles. The normalized spacial score (nSPS) is 20.6. The molecule has 0 unspecified atom stereocenters. The lowest BCUT2D eigenvalue weighted by molar-refractivity contribution is -0.139. The van der Waals surface area contributed by atoms with Gasteiger partial charge >= 0.3 is 5.63 Å². The molecule has 2 atom stereocenters. The molecule has 0 radical (unpaired) electrons. The van der Waals surface area contributed by atoms with Gasteiger partial charge in [-0.25, -0.2) is 4.79 Å². The van der Waals surface area contributed by atoms with Gasteiger partial charge in [0.05, 0.1) is 12.9 Å². The van der Waals surface area contributed by atoms with E-state index in [4.69, 9.17) is 18.6 Å². The molecule has 0 saturated heterocycles. The average Bonchev–Trinajstić information content (AvgIpc) is 3.31. The summed E-state index contributed by atoms with van der Waals surface area (Å²) in [5.74, 6) is -0.437. The Bertz CT molecular complexity index is 1480. The number of phenolic OH excluding ortho intramolecular Hbond substituents is 3. The molecule has 1 spiro atoms. The Morgan fingerprint density at radius 1 is 0.971 bits per heavy atom. The van der Waals surface area contributed by atoms with Crippen molar-refractivity contribution in [1.29, 1.82) is 0 Å². The maximum absolute atomic E-state index is 13.1. The number of ketones is 1. The fourth-order valence-corrected chi connectivity index (χ4v) is 4.31. The Morgan fingerprint density at radius 2 is 1.74 bits per heavy atom. The van der Waals surface area contributed by atoms with Gasteiger partial charge in [0.2, 0.25) is 11.4 Å². The topological polar surface area (TPSA) is 136 Å². The third kappa shape index (κ3) is 3.48. The number of carbonyl (C=O) groups excluding carboxylic acids is 1. The number of phenols is 3. The molecular formula is C26H20O9. The molecule has 35 heavy (non-hydrogen) atoms. The number of allylic oxidation sites excluding steroid dienone is 1. The minimum absolute atomic E-state index is 0.0103. The van der Waals surface area contributed by atoms with Gasteiger partial charge in [-0.3, -0.25) is 4.79 Å². The smallest absolute Gasteiger partial charge is 0.347 e. The molecule has 2 aliphatic rings. The molecule has 3 N–H and O–H groups in total. The van der Waals surface area contributed by atoms with Crippen molar-refractivity contribution in [2.24, 2.45) is 0 Å². The lowest BCUT2D eigenvalue weighted by Crippen LogP contribution is -2.41. The molecule has 0 amide bonds. The highest BCUT2D eigenvalue weighted by Crippen LogP contribution is 2.54. The van der Waals surface area contributed by atoms with Crippen LogP contribution in [0, 0.1) is 0 Å². The van der Waals surface area contributed by atoms with Crippen LogP contribution in [0.25, 0.3) is 12.2 Å². The van der Waals surface area contributed by atoms with Crippen LogP contribution in [-0.4, -0.2) is 28.2 Å². The summed E-state index contributed by atoms with van der Waals surface area (Å²) >= 11 is 0. The highest BCUT2D eigenvalue weighted by molar-refractivity contribution is 6.02. The van der Waals surface area contributed by atoms with Gasteiger partial charge in [0, 0.05) is 17.7 Å². The zero-order valence-electron chi connectivity index (χ0n) is 18.6. The molecule has 1 aromatic heterocycles. The van der Waals surface area contributed by atoms with E-state index in [1.54, 1.807) is 25.1 Å². The lowest BCUT2D eigenvalue weighted by atomic mass is 9.84. The van der Waals surface area contributed by atoms with Crippen molar-refractivity contribution in [3.8, 4) is 28.7 Å². The molecule has 0 fully saturated rings.